The number of aryl methyl sites for hydroxylation is 3. The second-order valence-corrected chi connectivity index (χ2v) is 13.5. The number of carboxylic acids is 4. The lowest BCUT2D eigenvalue weighted by Gasteiger charge is -2.19. The minimum Gasteiger partial charge on any atom is -0.481 e. The first-order valence-electron chi connectivity index (χ1n) is 17.3. The number of rotatable bonds is 13. The molecule has 53 heavy (non-hydrogen) atoms. The first-order chi connectivity index (χ1) is 25.1. The minimum atomic E-state index is -1.42. The third-order valence-electron chi connectivity index (χ3n) is 10.2. The summed E-state index contributed by atoms with van der Waals surface area (Å²) in [7, 11) is 0. The van der Waals surface area contributed by atoms with Gasteiger partial charge >= 0.3 is 23.9 Å². The Morgan fingerprint density at radius 2 is 1.58 bits per heavy atom. The molecule has 0 aliphatic carbocycles. The summed E-state index contributed by atoms with van der Waals surface area (Å²) >= 11 is 0. The molecule has 0 radical (unpaired) electrons. The Hall–Kier alpha value is -6.05. The van der Waals surface area contributed by atoms with E-state index < -0.39 is 60.5 Å². The largest absolute Gasteiger partial charge is 0.481 e. The second kappa shape index (κ2) is 15.3. The highest BCUT2D eigenvalue weighted by molar-refractivity contribution is 6.02. The molecule has 0 fully saturated rings. The van der Waals surface area contributed by atoms with Crippen LogP contribution in [-0.4, -0.2) is 76.2 Å². The maximum Gasteiger partial charge on any atom is 0.338 e. The molecule has 3 atom stereocenters. The van der Waals surface area contributed by atoms with Gasteiger partial charge in [0.05, 0.1) is 34.6 Å². The fourth-order valence-corrected chi connectivity index (χ4v) is 7.33. The standard InChI is InChI=1S/C39H43N5O9/c1-7-21-17(3)26-14-28-19(5)23(9-11-32(45)42-25(38(50)51)10-12-33(46)47)36(43-28)24(13-34(48)49)37-35(39(52)53)20(6)29(44-37)16-31-22(8-2)18(4)27(41-31)15-30(21)40-26/h7,14-16,19,23,25,41,44H,1,8-13H2,2-6H3,(H,42,45)(H,46,47)(H,48,49)(H,50,51)(H,52,53). The van der Waals surface area contributed by atoms with Gasteiger partial charge in [-0.3, -0.25) is 19.4 Å². The number of nitrogens with one attached hydrogen (secondary N) is 3. The molecule has 5 rings (SSSR count). The number of allylic oxidation sites excluding steroid dienone is 3. The third kappa shape index (κ3) is 7.62. The molecule has 0 saturated carbocycles. The van der Waals surface area contributed by atoms with E-state index in [0.29, 0.717) is 34.6 Å². The van der Waals surface area contributed by atoms with Crippen LogP contribution in [-0.2, 0) is 32.0 Å². The van der Waals surface area contributed by atoms with Crippen LogP contribution in [0.3, 0.4) is 0 Å². The normalized spacial score (nSPS) is 15.9. The smallest absolute Gasteiger partial charge is 0.338 e. The molecule has 7 N–H and O–H groups in total. The number of hydrogen-bond donors (Lipinski definition) is 7. The van der Waals surface area contributed by atoms with Crippen molar-refractivity contribution in [1.82, 2.24) is 25.3 Å². The lowest BCUT2D eigenvalue weighted by atomic mass is 9.84. The van der Waals surface area contributed by atoms with Crippen molar-refractivity contribution in [1.29, 1.82) is 0 Å². The Morgan fingerprint density at radius 1 is 0.887 bits per heavy atom. The fourth-order valence-electron chi connectivity index (χ4n) is 7.33. The molecule has 2 aliphatic heterocycles. The van der Waals surface area contributed by atoms with Crippen molar-refractivity contribution in [3.8, 4) is 0 Å². The van der Waals surface area contributed by atoms with E-state index in [9.17, 15) is 39.3 Å². The lowest BCUT2D eigenvalue weighted by Crippen LogP contribution is -2.41. The molecule has 0 aromatic carbocycles. The summed E-state index contributed by atoms with van der Waals surface area (Å²) < 4.78 is 0. The van der Waals surface area contributed by atoms with Crippen LogP contribution in [0, 0.1) is 13.8 Å². The number of amides is 1. The Kier molecular flexibility index (Phi) is 11.0. The zero-order valence-corrected chi connectivity index (χ0v) is 30.2. The van der Waals surface area contributed by atoms with Gasteiger partial charge in [0.2, 0.25) is 5.91 Å². The van der Waals surface area contributed by atoms with Crippen molar-refractivity contribution in [2.45, 2.75) is 91.0 Å². The van der Waals surface area contributed by atoms with Crippen molar-refractivity contribution in [3.05, 3.63) is 81.4 Å². The molecule has 3 unspecified atom stereocenters. The molecule has 3 aromatic heterocycles. The highest BCUT2D eigenvalue weighted by Gasteiger charge is 2.34. The molecular weight excluding hydrogens is 682 g/mol. The summed E-state index contributed by atoms with van der Waals surface area (Å²) in [5.74, 6) is -6.71. The monoisotopic (exact) mass is 725 g/mol. The molecule has 0 saturated heterocycles. The Morgan fingerprint density at radius 3 is 2.19 bits per heavy atom. The van der Waals surface area contributed by atoms with E-state index in [-0.39, 0.29) is 41.6 Å². The SMILES string of the molecule is C=CC1=C(C)c2cc3nc(c(CC(=O)O)c4[nH]c(cc5[nH]c(cc1n2)c(C)c5CC)c(C)c4C(=O)O)C(CCC(=O)NC(CCC(=O)O)C(=O)O)C3C. The first-order valence-corrected chi connectivity index (χ1v) is 17.3. The summed E-state index contributed by atoms with van der Waals surface area (Å²) in [6.07, 6.45) is 0.950. The van der Waals surface area contributed by atoms with Crippen LogP contribution < -0.4 is 5.32 Å². The summed E-state index contributed by atoms with van der Waals surface area (Å²) in [6.45, 7) is 13.5. The van der Waals surface area contributed by atoms with Gasteiger partial charge in [-0.2, -0.15) is 0 Å². The predicted molar refractivity (Wildman–Crippen MR) is 198 cm³/mol. The molecule has 3 aromatic rings. The zero-order chi connectivity index (χ0) is 38.9. The number of aromatic amines is 2. The van der Waals surface area contributed by atoms with E-state index >= 15 is 0 Å². The number of hydrogen-bond acceptors (Lipinski definition) is 7. The Bertz CT molecular complexity index is 2260. The van der Waals surface area contributed by atoms with Crippen molar-refractivity contribution < 1.29 is 44.4 Å². The quantitative estimate of drug-likeness (QED) is 0.107. The minimum absolute atomic E-state index is 0.0870. The van der Waals surface area contributed by atoms with Gasteiger partial charge in [-0.05, 0) is 80.5 Å². The number of aliphatic carboxylic acids is 3. The summed E-state index contributed by atoms with van der Waals surface area (Å²) in [4.78, 5) is 77.9. The van der Waals surface area contributed by atoms with Crippen LogP contribution in [0.15, 0.2) is 30.9 Å². The Balaban J connectivity index is 1.81. The number of fused-ring (bicyclic) bond motifs is 8. The number of aromatic nitrogens is 4. The molecule has 14 nitrogen and oxygen atoms in total. The van der Waals surface area contributed by atoms with E-state index in [4.69, 9.17) is 15.1 Å². The first kappa shape index (κ1) is 38.2. The average Bonchev–Trinajstić information content (AvgIpc) is 3.77. The molecule has 8 bridgehead atoms. The second-order valence-electron chi connectivity index (χ2n) is 13.5. The number of carboxylic acid groups (broad SMARTS) is 4. The summed E-state index contributed by atoms with van der Waals surface area (Å²) in [5.41, 5.74) is 8.34. The number of nitrogens with zero attached hydrogens (tertiary/aromatic N) is 2. The van der Waals surface area contributed by atoms with Crippen LogP contribution in [0.4, 0.5) is 0 Å². The van der Waals surface area contributed by atoms with E-state index in [1.807, 2.05) is 45.9 Å². The van der Waals surface area contributed by atoms with Gasteiger partial charge in [-0.15, -0.1) is 0 Å². The molecule has 2 aliphatic rings. The highest BCUT2D eigenvalue weighted by Crippen LogP contribution is 2.43. The van der Waals surface area contributed by atoms with Crippen molar-refractivity contribution in [3.63, 3.8) is 0 Å². The highest BCUT2D eigenvalue weighted by atomic mass is 16.4. The maximum atomic E-state index is 13.1. The summed E-state index contributed by atoms with van der Waals surface area (Å²) in [5, 5.41) is 41.7. The van der Waals surface area contributed by atoms with E-state index in [1.165, 1.54) is 0 Å². The Labute approximate surface area is 304 Å². The molecule has 0 spiro atoms. The van der Waals surface area contributed by atoms with Crippen LogP contribution in [0.25, 0.3) is 33.2 Å². The van der Waals surface area contributed by atoms with E-state index in [2.05, 4.69) is 21.9 Å². The van der Waals surface area contributed by atoms with E-state index in [1.54, 1.807) is 13.0 Å². The van der Waals surface area contributed by atoms with Gasteiger partial charge in [0.25, 0.3) is 0 Å². The van der Waals surface area contributed by atoms with E-state index in [0.717, 1.165) is 33.3 Å². The number of carbonyl (C=O) groups excluding carboxylic acids is 1. The van der Waals surface area contributed by atoms with Gasteiger partial charge in [0.15, 0.2) is 0 Å². The number of H-pyrrole nitrogens is 2. The number of carbonyl (C=O) groups is 5. The van der Waals surface area contributed by atoms with Crippen molar-refractivity contribution >= 4 is 63.0 Å². The van der Waals surface area contributed by atoms with Crippen LogP contribution in [0.1, 0.15) is 114 Å². The number of aromatic carboxylic acids is 1. The predicted octanol–water partition coefficient (Wildman–Crippen LogP) is 6.04. The molecule has 5 heterocycles. The molecule has 278 valence electrons. The van der Waals surface area contributed by atoms with Crippen LogP contribution >= 0.6 is 0 Å². The van der Waals surface area contributed by atoms with Gasteiger partial charge in [-0.1, -0.05) is 26.5 Å². The average molecular weight is 726 g/mol. The van der Waals surface area contributed by atoms with Gasteiger partial charge in [0, 0.05) is 58.1 Å². The van der Waals surface area contributed by atoms with Gasteiger partial charge < -0.3 is 35.7 Å². The zero-order valence-electron chi connectivity index (χ0n) is 30.2. The van der Waals surface area contributed by atoms with Crippen LogP contribution in [0.2, 0.25) is 0 Å². The van der Waals surface area contributed by atoms with Crippen molar-refractivity contribution in [2.24, 2.45) is 0 Å². The third-order valence-corrected chi connectivity index (χ3v) is 10.2. The van der Waals surface area contributed by atoms with Gasteiger partial charge in [0.1, 0.15) is 6.04 Å². The topological polar surface area (TPSA) is 236 Å². The fraction of sp³-hybridized carbons (Fsp3) is 0.359. The lowest BCUT2D eigenvalue weighted by molar-refractivity contribution is -0.143. The maximum absolute atomic E-state index is 13.1. The van der Waals surface area contributed by atoms with Gasteiger partial charge in [-0.25, -0.2) is 14.6 Å². The van der Waals surface area contributed by atoms with Crippen LogP contribution in [0.5, 0.6) is 0 Å². The molecule has 14 heteroatoms. The molecule has 1 amide bonds. The molecular formula is C39H43N5O9. The summed E-state index contributed by atoms with van der Waals surface area (Å²) in [6, 6.07) is 4.16. The van der Waals surface area contributed by atoms with Crippen molar-refractivity contribution in [2.75, 3.05) is 0 Å².